The molecule has 0 radical (unpaired) electrons. The van der Waals surface area contributed by atoms with Gasteiger partial charge in [-0.05, 0) is 36.8 Å². The fourth-order valence-corrected chi connectivity index (χ4v) is 4.74. The van der Waals surface area contributed by atoms with Crippen LogP contribution in [-0.4, -0.2) is 83.8 Å². The normalized spacial score (nSPS) is 23.8. The number of likely N-dealkylation sites (tertiary alicyclic amines) is 1. The van der Waals surface area contributed by atoms with E-state index in [-0.39, 0.29) is 17.6 Å². The molecule has 12 nitrogen and oxygen atoms in total. The van der Waals surface area contributed by atoms with Gasteiger partial charge in [-0.2, -0.15) is 0 Å². The Morgan fingerprint density at radius 3 is 2.68 bits per heavy atom. The van der Waals surface area contributed by atoms with Gasteiger partial charge in [0.05, 0.1) is 18.0 Å². The summed E-state index contributed by atoms with van der Waals surface area (Å²) in [4.78, 5) is 27.0. The first-order valence-electron chi connectivity index (χ1n) is 12.2. The van der Waals surface area contributed by atoms with Crippen LogP contribution in [0.2, 0.25) is 5.02 Å². The lowest BCUT2D eigenvalue weighted by Gasteiger charge is -2.30. The molecule has 2 aliphatic rings. The Morgan fingerprint density at radius 1 is 1.21 bits per heavy atom. The van der Waals surface area contributed by atoms with E-state index in [2.05, 4.69) is 26.8 Å². The number of rotatable bonds is 4. The molecule has 0 bridgehead atoms. The van der Waals surface area contributed by atoms with E-state index in [0.717, 1.165) is 12.8 Å². The fourth-order valence-electron chi connectivity index (χ4n) is 4.57. The molecule has 2 aliphatic heterocycles. The number of carbonyl (C=O) groups excluding carboxylic acids is 1. The van der Waals surface area contributed by atoms with Crippen molar-refractivity contribution >= 4 is 34.7 Å². The third-order valence-corrected chi connectivity index (χ3v) is 7.05. The van der Waals surface area contributed by atoms with Gasteiger partial charge in [0, 0.05) is 19.5 Å². The summed E-state index contributed by atoms with van der Waals surface area (Å²) in [6, 6.07) is 6.84. The number of aliphatic hydroxyl groups excluding tert-OH is 3. The van der Waals surface area contributed by atoms with Crippen molar-refractivity contribution in [2.75, 3.05) is 25.4 Å². The third-order valence-electron chi connectivity index (χ3n) is 6.74. The summed E-state index contributed by atoms with van der Waals surface area (Å²) in [6.45, 7) is 0.653. The molecule has 2 saturated heterocycles. The highest BCUT2D eigenvalue weighted by molar-refractivity contribution is 6.32. The van der Waals surface area contributed by atoms with Gasteiger partial charge in [-0.15, -0.1) is 0 Å². The van der Waals surface area contributed by atoms with E-state index in [1.165, 1.54) is 10.9 Å². The van der Waals surface area contributed by atoms with Crippen molar-refractivity contribution in [1.29, 1.82) is 0 Å². The smallest absolute Gasteiger partial charge is 0.409 e. The zero-order chi connectivity index (χ0) is 26.8. The molecular weight excluding hydrogens is 516 g/mol. The summed E-state index contributed by atoms with van der Waals surface area (Å²) in [5.41, 5.74) is 6.67. The molecule has 1 aromatic carbocycles. The number of amides is 1. The number of halogens is 1. The maximum Gasteiger partial charge on any atom is 0.415 e. The second-order valence-corrected chi connectivity index (χ2v) is 9.63. The number of nitrogens with two attached hydrogens (primary N) is 1. The maximum absolute atomic E-state index is 12.5. The molecule has 1 amide bonds. The first-order valence-corrected chi connectivity index (χ1v) is 12.6. The summed E-state index contributed by atoms with van der Waals surface area (Å²) in [5, 5.41) is 30.2. The number of aromatic nitrogens is 4. The average molecular weight is 543 g/mol. The molecule has 200 valence electrons. The summed E-state index contributed by atoms with van der Waals surface area (Å²) >= 11 is 6.07. The van der Waals surface area contributed by atoms with Crippen LogP contribution in [0.25, 0.3) is 11.2 Å². The summed E-state index contributed by atoms with van der Waals surface area (Å²) in [5.74, 6) is 6.97. The lowest BCUT2D eigenvalue weighted by atomic mass is 9.94. The largest absolute Gasteiger partial charge is 0.415 e. The molecule has 2 unspecified atom stereocenters. The van der Waals surface area contributed by atoms with Gasteiger partial charge in [-0.25, -0.2) is 19.7 Å². The van der Waals surface area contributed by atoms with E-state index >= 15 is 0 Å². The highest BCUT2D eigenvalue weighted by atomic mass is 35.5. The zero-order valence-electron chi connectivity index (χ0n) is 20.3. The Morgan fingerprint density at radius 2 is 1.97 bits per heavy atom. The van der Waals surface area contributed by atoms with E-state index < -0.39 is 37.2 Å². The molecule has 0 aliphatic carbocycles. The predicted molar refractivity (Wildman–Crippen MR) is 136 cm³/mol. The number of benzene rings is 1. The van der Waals surface area contributed by atoms with E-state index in [9.17, 15) is 20.1 Å². The van der Waals surface area contributed by atoms with Gasteiger partial charge in [0.15, 0.2) is 23.4 Å². The van der Waals surface area contributed by atoms with Crippen LogP contribution in [0.15, 0.2) is 30.6 Å². The van der Waals surface area contributed by atoms with Crippen LogP contribution in [-0.2, 0) is 4.74 Å². The summed E-state index contributed by atoms with van der Waals surface area (Å²) in [6.07, 6.45) is -1.40. The number of aliphatic hydroxyl groups is 3. The minimum atomic E-state index is -1.29. The van der Waals surface area contributed by atoms with Crippen LogP contribution in [0.3, 0.4) is 0 Å². The van der Waals surface area contributed by atoms with Gasteiger partial charge in [0.1, 0.15) is 23.8 Å². The SMILES string of the molecule is Nc1nc(C#CCC2CCN(C(=O)Oc3ccccc3Cl)CC2)nc2c1ncn2[C@@H]1O[C@H](CO)C(O)C1O. The number of hydrogen-bond acceptors (Lipinski definition) is 10. The topological polar surface area (TPSA) is 169 Å². The fraction of sp³-hybridized carbons (Fsp3) is 0.440. The Balaban J connectivity index is 1.21. The molecule has 13 heteroatoms. The van der Waals surface area contributed by atoms with Crippen molar-refractivity contribution < 1.29 is 29.6 Å². The van der Waals surface area contributed by atoms with Gasteiger partial charge in [0.2, 0.25) is 5.82 Å². The quantitative estimate of drug-likeness (QED) is 0.353. The molecule has 0 spiro atoms. The second-order valence-electron chi connectivity index (χ2n) is 9.22. The lowest BCUT2D eigenvalue weighted by Crippen LogP contribution is -2.40. The second kappa shape index (κ2) is 11.1. The molecule has 2 fully saturated rings. The van der Waals surface area contributed by atoms with E-state index in [1.54, 1.807) is 29.2 Å². The highest BCUT2D eigenvalue weighted by Crippen LogP contribution is 2.32. The van der Waals surface area contributed by atoms with Crippen molar-refractivity contribution in [2.45, 2.75) is 43.8 Å². The number of carbonyl (C=O) groups is 1. The Hall–Kier alpha value is -3.47. The minimum Gasteiger partial charge on any atom is -0.409 e. The van der Waals surface area contributed by atoms with Gasteiger partial charge in [-0.3, -0.25) is 4.57 Å². The molecule has 4 heterocycles. The van der Waals surface area contributed by atoms with Crippen LogP contribution in [0.4, 0.5) is 10.6 Å². The van der Waals surface area contributed by atoms with Crippen molar-refractivity contribution in [3.05, 3.63) is 41.4 Å². The van der Waals surface area contributed by atoms with E-state index in [0.29, 0.717) is 41.4 Å². The van der Waals surface area contributed by atoms with Gasteiger partial charge >= 0.3 is 6.09 Å². The molecule has 2 aromatic heterocycles. The summed E-state index contributed by atoms with van der Waals surface area (Å²) < 4.78 is 12.4. The molecule has 0 saturated carbocycles. The number of nitrogens with zero attached hydrogens (tertiary/aromatic N) is 5. The Labute approximate surface area is 223 Å². The standard InChI is InChI=1S/C25H27ClN6O6/c26-15-5-1-2-6-16(15)38-25(36)31-10-8-14(9-11-31)4-3-7-18-29-22(27)19-23(30-18)32(13-28-19)24-21(35)20(34)17(12-33)37-24/h1-2,5-6,13-14,17,20-21,24,33-35H,4,8-12H2,(H2,27,29,30)/t17-,20?,21?,24-/m1/s1. The summed E-state index contributed by atoms with van der Waals surface area (Å²) in [7, 11) is 0. The van der Waals surface area contributed by atoms with Crippen molar-refractivity contribution in [2.24, 2.45) is 5.92 Å². The molecule has 5 N–H and O–H groups in total. The number of ether oxygens (including phenoxy) is 2. The van der Waals surface area contributed by atoms with Gasteiger partial charge in [-0.1, -0.05) is 29.7 Å². The monoisotopic (exact) mass is 542 g/mol. The van der Waals surface area contributed by atoms with Crippen LogP contribution in [0.5, 0.6) is 5.75 Å². The molecule has 38 heavy (non-hydrogen) atoms. The first-order chi connectivity index (χ1) is 18.4. The highest BCUT2D eigenvalue weighted by Gasteiger charge is 2.44. The molecule has 4 atom stereocenters. The predicted octanol–water partition coefficient (Wildman–Crippen LogP) is 1.33. The lowest BCUT2D eigenvalue weighted by molar-refractivity contribution is -0.0511. The average Bonchev–Trinajstić information content (AvgIpc) is 3.46. The van der Waals surface area contributed by atoms with Crippen molar-refractivity contribution in [3.63, 3.8) is 0 Å². The van der Waals surface area contributed by atoms with Crippen LogP contribution in [0.1, 0.15) is 31.3 Å². The van der Waals surface area contributed by atoms with Crippen LogP contribution in [0, 0.1) is 17.8 Å². The number of anilines is 1. The minimum absolute atomic E-state index is 0.120. The van der Waals surface area contributed by atoms with Crippen LogP contribution >= 0.6 is 11.6 Å². The third kappa shape index (κ3) is 5.24. The number of fused-ring (bicyclic) bond motifs is 1. The number of hydrogen-bond donors (Lipinski definition) is 4. The Bertz CT molecular complexity index is 1380. The molecule has 5 rings (SSSR count). The van der Waals surface area contributed by atoms with Crippen LogP contribution < -0.4 is 10.5 Å². The maximum atomic E-state index is 12.5. The number of imidazole rings is 1. The van der Waals surface area contributed by atoms with E-state index in [1.807, 2.05) is 0 Å². The van der Waals surface area contributed by atoms with Gasteiger partial charge < -0.3 is 35.4 Å². The molecule has 3 aromatic rings. The molecular formula is C25H27ClN6O6. The number of para-hydroxylation sites is 1. The zero-order valence-corrected chi connectivity index (χ0v) is 21.0. The van der Waals surface area contributed by atoms with Crippen molar-refractivity contribution in [1.82, 2.24) is 24.4 Å². The van der Waals surface area contributed by atoms with E-state index in [4.69, 9.17) is 26.8 Å². The van der Waals surface area contributed by atoms with Crippen molar-refractivity contribution in [3.8, 4) is 17.6 Å². The number of nitrogen functional groups attached to an aromatic ring is 1. The first kappa shape index (κ1) is 26.1. The van der Waals surface area contributed by atoms with Gasteiger partial charge in [0.25, 0.3) is 0 Å². The Kier molecular flexibility index (Phi) is 7.64. The number of piperidine rings is 1.